The van der Waals surface area contributed by atoms with Crippen LogP contribution in [0, 0.1) is 0 Å². The molecule has 0 aliphatic carbocycles. The molecular weight excluding hydrogens is 423 g/mol. The third-order valence-corrected chi connectivity index (χ3v) is 5.88. The molecule has 0 radical (unpaired) electrons. The molecule has 3 aliphatic rings. The fourth-order valence-electron chi connectivity index (χ4n) is 3.73. The largest absolute Gasteiger partial charge is 0.468 e. The molecule has 9 nitrogen and oxygen atoms in total. The van der Waals surface area contributed by atoms with Crippen molar-refractivity contribution in [2.24, 2.45) is 0 Å². The van der Waals surface area contributed by atoms with Gasteiger partial charge in [0.2, 0.25) is 5.91 Å². The first-order valence-corrected chi connectivity index (χ1v) is 9.91. The molecular formula is C16H26BrFN6O3. The molecule has 3 heterocycles. The van der Waals surface area contributed by atoms with Crippen molar-refractivity contribution >= 4 is 27.8 Å². The molecule has 3 aliphatic heterocycles. The summed E-state index contributed by atoms with van der Waals surface area (Å²) in [6.45, 7) is 2.77. The van der Waals surface area contributed by atoms with Crippen molar-refractivity contribution in [1.82, 2.24) is 31.3 Å². The molecule has 2 fully saturated rings. The number of alkyl halides is 1. The summed E-state index contributed by atoms with van der Waals surface area (Å²) in [7, 11) is 3.17. The second kappa shape index (κ2) is 8.93. The van der Waals surface area contributed by atoms with Crippen LogP contribution in [-0.4, -0.2) is 84.9 Å². The Hall–Kier alpha value is -1.11. The molecule has 5 atom stereocenters. The Kier molecular flexibility index (Phi) is 6.82. The van der Waals surface area contributed by atoms with Crippen molar-refractivity contribution in [1.29, 1.82) is 0 Å². The molecule has 0 bridgehead atoms. The van der Waals surface area contributed by atoms with Gasteiger partial charge in [-0.3, -0.25) is 19.8 Å². The third-order valence-electron chi connectivity index (χ3n) is 5.18. The van der Waals surface area contributed by atoms with Gasteiger partial charge in [0.25, 0.3) is 0 Å². The number of esters is 1. The normalized spacial score (nSPS) is 35.6. The summed E-state index contributed by atoms with van der Waals surface area (Å²) < 4.78 is 18.7. The number of nitrogens with zero attached hydrogens (tertiary/aromatic N) is 2. The SMILES string of the molecule is COC(=O)C1NC(Br)C(F)=CC1NC(=O)C1CCC(N2CCNC2)N(C)N1. The molecule has 0 spiro atoms. The average Bonchev–Trinajstić information content (AvgIpc) is 3.18. The van der Waals surface area contributed by atoms with Gasteiger partial charge in [-0.2, -0.15) is 0 Å². The van der Waals surface area contributed by atoms with E-state index in [1.807, 2.05) is 12.1 Å². The molecule has 27 heavy (non-hydrogen) atoms. The number of halogens is 2. The number of amides is 1. The van der Waals surface area contributed by atoms with Gasteiger partial charge in [-0.05, 0) is 18.9 Å². The smallest absolute Gasteiger partial charge is 0.325 e. The molecule has 1 amide bonds. The van der Waals surface area contributed by atoms with E-state index in [4.69, 9.17) is 4.74 Å². The summed E-state index contributed by atoms with van der Waals surface area (Å²) in [5, 5.41) is 10.8. The van der Waals surface area contributed by atoms with E-state index in [-0.39, 0.29) is 12.1 Å². The zero-order chi connectivity index (χ0) is 19.6. The quantitative estimate of drug-likeness (QED) is 0.246. The van der Waals surface area contributed by atoms with Gasteiger partial charge in [0, 0.05) is 26.8 Å². The first kappa shape index (κ1) is 20.6. The summed E-state index contributed by atoms with van der Waals surface area (Å²) in [5.74, 6) is -1.34. The number of nitrogens with one attached hydrogen (secondary N) is 4. The van der Waals surface area contributed by atoms with Gasteiger partial charge in [0.05, 0.1) is 19.3 Å². The maximum absolute atomic E-state index is 14.0. The van der Waals surface area contributed by atoms with Crippen molar-refractivity contribution in [2.45, 2.75) is 42.1 Å². The fraction of sp³-hybridized carbons (Fsp3) is 0.750. The molecule has 152 valence electrons. The highest BCUT2D eigenvalue weighted by atomic mass is 79.9. The van der Waals surface area contributed by atoms with E-state index in [0.717, 1.165) is 26.2 Å². The molecule has 3 rings (SSSR count). The lowest BCUT2D eigenvalue weighted by molar-refractivity contribution is -0.144. The summed E-state index contributed by atoms with van der Waals surface area (Å²) >= 11 is 3.10. The van der Waals surface area contributed by atoms with Gasteiger partial charge in [-0.25, -0.2) is 14.8 Å². The van der Waals surface area contributed by atoms with Gasteiger partial charge in [-0.15, -0.1) is 0 Å². The lowest BCUT2D eigenvalue weighted by atomic mass is 10.0. The van der Waals surface area contributed by atoms with E-state index in [1.54, 1.807) is 0 Å². The number of methoxy groups -OCH3 is 1. The lowest BCUT2D eigenvalue weighted by Gasteiger charge is -2.42. The van der Waals surface area contributed by atoms with Crippen LogP contribution < -0.4 is 21.4 Å². The second-order valence-corrected chi connectivity index (χ2v) is 7.85. The maximum atomic E-state index is 14.0. The zero-order valence-electron chi connectivity index (χ0n) is 15.4. The van der Waals surface area contributed by atoms with E-state index in [0.29, 0.717) is 6.42 Å². The number of rotatable bonds is 4. The van der Waals surface area contributed by atoms with E-state index < -0.39 is 34.9 Å². The summed E-state index contributed by atoms with van der Waals surface area (Å²) in [5.41, 5.74) is 3.20. The Balaban J connectivity index is 1.61. The van der Waals surface area contributed by atoms with Crippen molar-refractivity contribution in [3.05, 3.63) is 11.9 Å². The minimum absolute atomic E-state index is 0.217. The standard InChI is InChI=1S/C16H26BrFN6O3/c1-23-12(24-6-5-19-8-24)4-3-10(22-23)15(25)20-11-7-9(18)14(17)21-13(11)16(26)27-2/h7,10-14,19,21-22H,3-6,8H2,1-2H3,(H,20,25). The molecule has 0 aromatic rings. The van der Waals surface area contributed by atoms with Gasteiger partial charge >= 0.3 is 5.97 Å². The van der Waals surface area contributed by atoms with Gasteiger partial charge in [0.1, 0.15) is 22.9 Å². The van der Waals surface area contributed by atoms with Gasteiger partial charge in [0.15, 0.2) is 0 Å². The minimum Gasteiger partial charge on any atom is -0.468 e. The molecule has 0 aromatic carbocycles. The topological polar surface area (TPSA) is 98.0 Å². The molecule has 5 unspecified atom stereocenters. The van der Waals surface area contributed by atoms with Crippen LogP contribution in [0.3, 0.4) is 0 Å². The molecule has 11 heteroatoms. The van der Waals surface area contributed by atoms with Crippen LogP contribution in [0.25, 0.3) is 0 Å². The first-order chi connectivity index (χ1) is 12.9. The maximum Gasteiger partial charge on any atom is 0.325 e. The molecule has 0 saturated carbocycles. The Bertz CT molecular complexity index is 603. The fourth-order valence-corrected chi connectivity index (χ4v) is 4.16. The van der Waals surface area contributed by atoms with E-state index in [2.05, 4.69) is 42.2 Å². The monoisotopic (exact) mass is 448 g/mol. The first-order valence-electron chi connectivity index (χ1n) is 9.00. The Morgan fingerprint density at radius 1 is 1.41 bits per heavy atom. The predicted molar refractivity (Wildman–Crippen MR) is 100 cm³/mol. The lowest BCUT2D eigenvalue weighted by Crippen LogP contribution is -2.64. The number of hydrogen-bond donors (Lipinski definition) is 4. The van der Waals surface area contributed by atoms with Crippen molar-refractivity contribution < 1.29 is 18.7 Å². The number of hydrogen-bond acceptors (Lipinski definition) is 8. The highest BCUT2D eigenvalue weighted by Crippen LogP contribution is 2.21. The summed E-state index contributed by atoms with van der Waals surface area (Å²) in [6, 6.07) is -2.14. The van der Waals surface area contributed by atoms with Gasteiger partial charge < -0.3 is 15.4 Å². The van der Waals surface area contributed by atoms with E-state index in [9.17, 15) is 14.0 Å². The number of ether oxygens (including phenoxy) is 1. The van der Waals surface area contributed by atoms with Gasteiger partial charge in [-0.1, -0.05) is 15.9 Å². The summed E-state index contributed by atoms with van der Waals surface area (Å²) in [4.78, 5) is 26.2. The molecule has 4 N–H and O–H groups in total. The van der Waals surface area contributed by atoms with E-state index >= 15 is 0 Å². The molecule has 0 aromatic heterocycles. The van der Waals surface area contributed by atoms with Crippen LogP contribution in [0.2, 0.25) is 0 Å². The zero-order valence-corrected chi connectivity index (χ0v) is 17.0. The number of hydrazine groups is 1. The van der Waals surface area contributed by atoms with Crippen LogP contribution in [0.15, 0.2) is 11.9 Å². The predicted octanol–water partition coefficient (Wildman–Crippen LogP) is -1.02. The number of carbonyl (C=O) groups is 2. The van der Waals surface area contributed by atoms with Crippen LogP contribution in [0.5, 0.6) is 0 Å². The number of carbonyl (C=O) groups excluding carboxylic acids is 2. The van der Waals surface area contributed by atoms with Crippen LogP contribution >= 0.6 is 15.9 Å². The second-order valence-electron chi connectivity index (χ2n) is 6.94. The Morgan fingerprint density at radius 2 is 2.19 bits per heavy atom. The van der Waals surface area contributed by atoms with Crippen molar-refractivity contribution in [3.63, 3.8) is 0 Å². The summed E-state index contributed by atoms with van der Waals surface area (Å²) in [6.07, 6.45) is 2.93. The van der Waals surface area contributed by atoms with Crippen LogP contribution in [0.1, 0.15) is 12.8 Å². The van der Waals surface area contributed by atoms with Crippen molar-refractivity contribution in [2.75, 3.05) is 33.9 Å². The third kappa shape index (κ3) is 4.66. The Labute approximate surface area is 166 Å². The highest BCUT2D eigenvalue weighted by Gasteiger charge is 2.39. The average molecular weight is 449 g/mol. The molecule has 2 saturated heterocycles. The van der Waals surface area contributed by atoms with Crippen LogP contribution in [-0.2, 0) is 14.3 Å². The van der Waals surface area contributed by atoms with E-state index in [1.165, 1.54) is 13.2 Å². The Morgan fingerprint density at radius 3 is 2.81 bits per heavy atom. The van der Waals surface area contributed by atoms with Crippen molar-refractivity contribution in [3.8, 4) is 0 Å². The highest BCUT2D eigenvalue weighted by molar-refractivity contribution is 9.09. The minimum atomic E-state index is -0.868. The van der Waals surface area contributed by atoms with Crippen LogP contribution in [0.4, 0.5) is 4.39 Å².